The number of hydrogen-bond acceptors (Lipinski definition) is 4. The summed E-state index contributed by atoms with van der Waals surface area (Å²) in [7, 11) is 0. The lowest BCUT2D eigenvalue weighted by Gasteiger charge is -2.45. The summed E-state index contributed by atoms with van der Waals surface area (Å²) in [5, 5.41) is 9.82. The number of pyridine rings is 1. The zero-order chi connectivity index (χ0) is 25.4. The Morgan fingerprint density at radius 1 is 1.20 bits per heavy atom. The highest BCUT2D eigenvalue weighted by molar-refractivity contribution is 6.03. The minimum Gasteiger partial charge on any atom is -0.395 e. The number of aromatic nitrogens is 2. The molecule has 1 aliphatic rings. The van der Waals surface area contributed by atoms with Gasteiger partial charge in [-0.15, -0.1) is 0 Å². The van der Waals surface area contributed by atoms with Crippen LogP contribution in [0.5, 0.6) is 0 Å². The molecule has 0 saturated carbocycles. The molecule has 0 radical (unpaired) electrons. The van der Waals surface area contributed by atoms with Gasteiger partial charge in [0, 0.05) is 49.4 Å². The normalized spacial score (nSPS) is 15.7. The summed E-state index contributed by atoms with van der Waals surface area (Å²) in [6, 6.07) is 6.79. The molecule has 1 saturated heterocycles. The molecule has 1 N–H and O–H groups in total. The second-order valence-electron chi connectivity index (χ2n) is 10.3. The summed E-state index contributed by atoms with van der Waals surface area (Å²) in [5.41, 5.74) is 4.02. The zero-order valence-electron chi connectivity index (χ0n) is 21.6. The number of likely N-dealkylation sites (tertiary alicyclic amines) is 1. The first kappa shape index (κ1) is 25.3. The van der Waals surface area contributed by atoms with E-state index in [1.54, 1.807) is 11.0 Å². The maximum atomic E-state index is 14.4. The number of aliphatic hydroxyl groups excluding tert-OH is 1. The number of imidazole rings is 1. The van der Waals surface area contributed by atoms with Crippen molar-refractivity contribution in [2.45, 2.75) is 59.5 Å². The van der Waals surface area contributed by atoms with Crippen LogP contribution in [0, 0.1) is 18.7 Å². The highest BCUT2D eigenvalue weighted by Crippen LogP contribution is 2.36. The number of carbonyl (C=O) groups is 1. The molecule has 4 rings (SSSR count). The quantitative estimate of drug-likeness (QED) is 0.506. The second kappa shape index (κ2) is 10.1. The number of carbonyl (C=O) groups excluding carboxylic acids is 1. The Balaban J connectivity index is 1.79. The fourth-order valence-electron chi connectivity index (χ4n) is 5.25. The van der Waals surface area contributed by atoms with Gasteiger partial charge in [0.25, 0.3) is 5.91 Å². The first-order valence-electron chi connectivity index (χ1n) is 12.6. The molecule has 3 aromatic rings. The number of halogens is 1. The Morgan fingerprint density at radius 2 is 1.91 bits per heavy atom. The van der Waals surface area contributed by atoms with E-state index in [4.69, 9.17) is 0 Å². The number of hydrogen-bond donors (Lipinski definition) is 1. The Morgan fingerprint density at radius 3 is 2.51 bits per heavy atom. The SMILES string of the molecule is CCN(C(=O)c1cc(F)ccc1-c1cc(C2CN(C(CO)C(C)C)C2)cn2c(C)ncc12)C(C)C. The van der Waals surface area contributed by atoms with Crippen LogP contribution in [0.3, 0.4) is 0 Å². The van der Waals surface area contributed by atoms with E-state index in [1.807, 2.05) is 33.9 Å². The summed E-state index contributed by atoms with van der Waals surface area (Å²) < 4.78 is 16.5. The van der Waals surface area contributed by atoms with Crippen LogP contribution in [0.25, 0.3) is 16.6 Å². The molecule has 1 aliphatic heterocycles. The van der Waals surface area contributed by atoms with Crippen molar-refractivity contribution in [2.24, 2.45) is 5.92 Å². The predicted molar refractivity (Wildman–Crippen MR) is 137 cm³/mol. The van der Waals surface area contributed by atoms with Crippen LogP contribution < -0.4 is 0 Å². The zero-order valence-corrected chi connectivity index (χ0v) is 21.6. The molecule has 1 unspecified atom stereocenters. The molecule has 7 heteroatoms. The smallest absolute Gasteiger partial charge is 0.254 e. The summed E-state index contributed by atoms with van der Waals surface area (Å²) in [6.07, 6.45) is 3.95. The molecule has 1 atom stereocenters. The molecule has 3 heterocycles. The molecule has 188 valence electrons. The molecule has 0 bridgehead atoms. The van der Waals surface area contributed by atoms with E-state index in [9.17, 15) is 14.3 Å². The van der Waals surface area contributed by atoms with Crippen LogP contribution in [0.15, 0.2) is 36.7 Å². The van der Waals surface area contributed by atoms with Gasteiger partial charge in [-0.25, -0.2) is 9.37 Å². The first-order valence-corrected chi connectivity index (χ1v) is 12.6. The van der Waals surface area contributed by atoms with E-state index < -0.39 is 5.82 Å². The van der Waals surface area contributed by atoms with Crippen molar-refractivity contribution < 1.29 is 14.3 Å². The summed E-state index contributed by atoms with van der Waals surface area (Å²) in [4.78, 5) is 22.1. The molecule has 1 aromatic carbocycles. The molecule has 6 nitrogen and oxygen atoms in total. The molecule has 0 spiro atoms. The number of aliphatic hydroxyl groups is 1. The Hall–Kier alpha value is -2.77. The summed E-state index contributed by atoms with van der Waals surface area (Å²) >= 11 is 0. The average Bonchev–Trinajstić information content (AvgIpc) is 3.15. The number of benzene rings is 1. The van der Waals surface area contributed by atoms with Crippen molar-refractivity contribution in [1.29, 1.82) is 0 Å². The van der Waals surface area contributed by atoms with E-state index in [-0.39, 0.29) is 24.6 Å². The third kappa shape index (κ3) is 4.71. The average molecular weight is 481 g/mol. The maximum absolute atomic E-state index is 14.4. The predicted octanol–water partition coefficient (Wildman–Crippen LogP) is 4.74. The second-order valence-corrected chi connectivity index (χ2v) is 10.3. The molecule has 0 aliphatic carbocycles. The third-order valence-corrected chi connectivity index (χ3v) is 7.38. The summed E-state index contributed by atoms with van der Waals surface area (Å²) in [6.45, 7) is 14.6. The minimum absolute atomic E-state index is 0.00793. The number of rotatable bonds is 8. The topological polar surface area (TPSA) is 61.1 Å². The number of aryl methyl sites for hydroxylation is 1. The van der Waals surface area contributed by atoms with Gasteiger partial charge in [0.2, 0.25) is 0 Å². The maximum Gasteiger partial charge on any atom is 0.254 e. The monoisotopic (exact) mass is 480 g/mol. The number of amides is 1. The summed E-state index contributed by atoms with van der Waals surface area (Å²) in [5.74, 6) is 0.962. The minimum atomic E-state index is -0.424. The van der Waals surface area contributed by atoms with E-state index in [0.29, 0.717) is 29.5 Å². The van der Waals surface area contributed by atoms with E-state index >= 15 is 0 Å². The fourth-order valence-corrected chi connectivity index (χ4v) is 5.25. The lowest BCUT2D eigenvalue weighted by atomic mass is 9.87. The van der Waals surface area contributed by atoms with Gasteiger partial charge in [-0.2, -0.15) is 0 Å². The van der Waals surface area contributed by atoms with E-state index in [0.717, 1.165) is 35.6 Å². The van der Waals surface area contributed by atoms with Gasteiger partial charge in [0.15, 0.2) is 0 Å². The van der Waals surface area contributed by atoms with Crippen molar-refractivity contribution in [1.82, 2.24) is 19.2 Å². The van der Waals surface area contributed by atoms with Gasteiger partial charge in [0.1, 0.15) is 11.6 Å². The van der Waals surface area contributed by atoms with Crippen LogP contribution in [0.2, 0.25) is 0 Å². The Bertz CT molecular complexity index is 1210. The molecule has 1 amide bonds. The van der Waals surface area contributed by atoms with E-state index in [1.165, 1.54) is 12.1 Å². The van der Waals surface area contributed by atoms with Gasteiger partial charge >= 0.3 is 0 Å². The van der Waals surface area contributed by atoms with Crippen LogP contribution in [-0.2, 0) is 0 Å². The van der Waals surface area contributed by atoms with Gasteiger partial charge in [-0.05, 0) is 62.9 Å². The van der Waals surface area contributed by atoms with Gasteiger partial charge < -0.3 is 14.4 Å². The van der Waals surface area contributed by atoms with Crippen molar-refractivity contribution in [3.8, 4) is 11.1 Å². The van der Waals surface area contributed by atoms with Crippen molar-refractivity contribution >= 4 is 11.4 Å². The third-order valence-electron chi connectivity index (χ3n) is 7.38. The van der Waals surface area contributed by atoms with Crippen LogP contribution in [-0.4, -0.2) is 68.5 Å². The molecule has 1 fully saturated rings. The molecular weight excluding hydrogens is 443 g/mol. The van der Waals surface area contributed by atoms with Crippen LogP contribution >= 0.6 is 0 Å². The van der Waals surface area contributed by atoms with Crippen molar-refractivity contribution in [3.63, 3.8) is 0 Å². The largest absolute Gasteiger partial charge is 0.395 e. The van der Waals surface area contributed by atoms with Gasteiger partial charge in [-0.1, -0.05) is 19.9 Å². The number of fused-ring (bicyclic) bond motifs is 1. The standard InChI is InChI=1S/C28H37FN4O2/c1-7-32(18(4)5)28(35)25-11-22(29)8-9-23(25)24-10-20(15-33-19(6)30-12-26(24)33)21-13-31(14-21)27(16-34)17(2)3/h8-12,15,17-18,21,27,34H,7,13-14,16H2,1-6H3. The van der Waals surface area contributed by atoms with Crippen LogP contribution in [0.1, 0.15) is 62.3 Å². The first-order chi connectivity index (χ1) is 16.7. The molecular formula is C28H37FN4O2. The fraction of sp³-hybridized carbons (Fsp3) is 0.500. The van der Waals surface area contributed by atoms with Crippen molar-refractivity contribution in [3.05, 3.63) is 59.4 Å². The lowest BCUT2D eigenvalue weighted by Crippen LogP contribution is -2.54. The Kier molecular flexibility index (Phi) is 7.29. The van der Waals surface area contributed by atoms with E-state index in [2.05, 4.69) is 40.4 Å². The van der Waals surface area contributed by atoms with Crippen molar-refractivity contribution in [2.75, 3.05) is 26.2 Å². The lowest BCUT2D eigenvalue weighted by molar-refractivity contribution is 0.0290. The highest BCUT2D eigenvalue weighted by atomic mass is 19.1. The molecule has 2 aromatic heterocycles. The Labute approximate surface area is 207 Å². The number of nitrogens with zero attached hydrogens (tertiary/aromatic N) is 4. The van der Waals surface area contributed by atoms with Gasteiger partial charge in [-0.3, -0.25) is 9.69 Å². The van der Waals surface area contributed by atoms with Crippen LogP contribution in [0.4, 0.5) is 4.39 Å². The molecule has 35 heavy (non-hydrogen) atoms. The van der Waals surface area contributed by atoms with Gasteiger partial charge in [0.05, 0.1) is 23.9 Å². The highest BCUT2D eigenvalue weighted by Gasteiger charge is 2.35.